The molecule has 0 unspecified atom stereocenters. The molecule has 0 bridgehead atoms. The second kappa shape index (κ2) is 20.2. The molecular formula is C33H51NO7. The van der Waals surface area contributed by atoms with Crippen molar-refractivity contribution in [1.82, 2.24) is 5.32 Å². The Hall–Kier alpha value is -2.68. The summed E-state index contributed by atoms with van der Waals surface area (Å²) in [7, 11) is 1.69. The third kappa shape index (κ3) is 14.2. The summed E-state index contributed by atoms with van der Waals surface area (Å²) in [4.78, 5) is 24.1. The maximum atomic E-state index is 12.5. The van der Waals surface area contributed by atoms with Crippen LogP contribution in [0.1, 0.15) is 77.2 Å². The van der Waals surface area contributed by atoms with E-state index < -0.39 is 24.5 Å². The Morgan fingerprint density at radius 3 is 2.59 bits per heavy atom. The highest BCUT2D eigenvalue weighted by Gasteiger charge is 2.39. The Morgan fingerprint density at radius 2 is 1.85 bits per heavy atom. The van der Waals surface area contributed by atoms with Crippen LogP contribution < -0.4 is 5.32 Å². The van der Waals surface area contributed by atoms with Gasteiger partial charge in [0.1, 0.15) is 6.10 Å². The molecule has 8 nitrogen and oxygen atoms in total. The smallest absolute Gasteiger partial charge is 0.434 e. The van der Waals surface area contributed by atoms with Crippen molar-refractivity contribution in [1.29, 1.82) is 0 Å². The van der Waals surface area contributed by atoms with Crippen molar-refractivity contribution >= 4 is 12.1 Å². The number of ether oxygens (including phenoxy) is 3. The van der Waals surface area contributed by atoms with Crippen molar-refractivity contribution in [2.24, 2.45) is 11.8 Å². The topological polar surface area (TPSA) is 114 Å². The molecule has 41 heavy (non-hydrogen) atoms. The molecule has 0 spiro atoms. The lowest BCUT2D eigenvalue weighted by molar-refractivity contribution is -0.121. The number of nitrogens with one attached hydrogen (secondary N) is 1. The molecule has 3 N–H and O–H groups in total. The van der Waals surface area contributed by atoms with Gasteiger partial charge in [-0.1, -0.05) is 48.6 Å². The molecule has 0 radical (unpaired) electrons. The lowest BCUT2D eigenvalue weighted by atomic mass is 9.89. The summed E-state index contributed by atoms with van der Waals surface area (Å²) in [6.45, 7) is 4.84. The lowest BCUT2D eigenvalue weighted by Gasteiger charge is -2.21. The minimum atomic E-state index is -0.702. The Morgan fingerprint density at radius 1 is 1.07 bits per heavy atom. The SMILES string of the molecule is CCNC(=O)CCC/C=C\C[C@@H]1[C@@H](/C=C/[C@H](CCc2ccccc2)OC(=O)OCCCC[C@@H](C)OC)[C@H](O)C[C@@H]1O. The zero-order valence-corrected chi connectivity index (χ0v) is 25.1. The van der Waals surface area contributed by atoms with E-state index in [1.54, 1.807) is 7.11 Å². The highest BCUT2D eigenvalue weighted by Crippen LogP contribution is 2.36. The van der Waals surface area contributed by atoms with Gasteiger partial charge < -0.3 is 29.7 Å². The molecule has 6 atom stereocenters. The van der Waals surface area contributed by atoms with Crippen LogP contribution >= 0.6 is 0 Å². The molecular weight excluding hydrogens is 522 g/mol. The molecule has 230 valence electrons. The second-order valence-electron chi connectivity index (χ2n) is 10.9. The Balaban J connectivity index is 1.94. The molecule has 1 amide bonds. The van der Waals surface area contributed by atoms with E-state index in [4.69, 9.17) is 14.2 Å². The van der Waals surface area contributed by atoms with Crippen LogP contribution in [-0.2, 0) is 25.4 Å². The lowest BCUT2D eigenvalue weighted by Crippen LogP contribution is -2.22. The number of carbonyl (C=O) groups excluding carboxylic acids is 2. The minimum Gasteiger partial charge on any atom is -0.434 e. The van der Waals surface area contributed by atoms with E-state index >= 15 is 0 Å². The number of benzene rings is 1. The summed E-state index contributed by atoms with van der Waals surface area (Å²) in [5.74, 6) is -0.339. The van der Waals surface area contributed by atoms with Crippen LogP contribution in [0.3, 0.4) is 0 Å². The maximum Gasteiger partial charge on any atom is 0.508 e. The zero-order valence-electron chi connectivity index (χ0n) is 25.1. The average Bonchev–Trinajstić information content (AvgIpc) is 3.23. The number of aliphatic hydroxyl groups is 2. The van der Waals surface area contributed by atoms with Crippen molar-refractivity contribution in [2.75, 3.05) is 20.3 Å². The fraction of sp³-hybridized carbons (Fsp3) is 0.636. The van der Waals surface area contributed by atoms with E-state index in [1.165, 1.54) is 0 Å². The molecule has 1 aromatic carbocycles. The molecule has 1 aliphatic carbocycles. The van der Waals surface area contributed by atoms with E-state index in [1.807, 2.05) is 68.5 Å². The molecule has 1 saturated carbocycles. The summed E-state index contributed by atoms with van der Waals surface area (Å²) >= 11 is 0. The number of hydrogen-bond donors (Lipinski definition) is 3. The van der Waals surface area contributed by atoms with Gasteiger partial charge in [0.25, 0.3) is 0 Å². The second-order valence-corrected chi connectivity index (χ2v) is 10.9. The molecule has 0 saturated heterocycles. The van der Waals surface area contributed by atoms with Crippen LogP contribution in [-0.4, -0.2) is 67.0 Å². The molecule has 8 heteroatoms. The highest BCUT2D eigenvalue weighted by atomic mass is 16.7. The van der Waals surface area contributed by atoms with E-state index in [-0.39, 0.29) is 30.5 Å². The van der Waals surface area contributed by atoms with Gasteiger partial charge in [-0.25, -0.2) is 4.79 Å². The van der Waals surface area contributed by atoms with Gasteiger partial charge >= 0.3 is 6.16 Å². The molecule has 0 heterocycles. The van der Waals surface area contributed by atoms with Crippen molar-refractivity contribution in [3.8, 4) is 0 Å². The van der Waals surface area contributed by atoms with Crippen LogP contribution in [0, 0.1) is 11.8 Å². The van der Waals surface area contributed by atoms with Crippen molar-refractivity contribution < 1.29 is 34.0 Å². The van der Waals surface area contributed by atoms with Crippen LogP contribution in [0.25, 0.3) is 0 Å². The van der Waals surface area contributed by atoms with Crippen LogP contribution in [0.5, 0.6) is 0 Å². The summed E-state index contributed by atoms with van der Waals surface area (Å²) in [5, 5.41) is 24.1. The number of allylic oxidation sites excluding steroid dienone is 2. The third-order valence-electron chi connectivity index (χ3n) is 7.62. The van der Waals surface area contributed by atoms with Gasteiger partial charge in [-0.2, -0.15) is 0 Å². The highest BCUT2D eigenvalue weighted by molar-refractivity contribution is 5.75. The van der Waals surface area contributed by atoms with Gasteiger partial charge in [-0.15, -0.1) is 0 Å². The predicted molar refractivity (Wildman–Crippen MR) is 160 cm³/mol. The summed E-state index contributed by atoms with van der Waals surface area (Å²) in [6, 6.07) is 10.0. The number of aryl methyl sites for hydroxylation is 1. The van der Waals surface area contributed by atoms with Crippen molar-refractivity contribution in [3.05, 3.63) is 60.2 Å². The first-order chi connectivity index (χ1) is 19.8. The van der Waals surface area contributed by atoms with Gasteiger partial charge in [0, 0.05) is 32.4 Å². The summed E-state index contributed by atoms with van der Waals surface area (Å²) < 4.78 is 16.2. The van der Waals surface area contributed by atoms with Gasteiger partial charge in [0.15, 0.2) is 0 Å². The number of methoxy groups -OCH3 is 1. The predicted octanol–water partition coefficient (Wildman–Crippen LogP) is 5.51. The quantitative estimate of drug-likeness (QED) is 0.114. The third-order valence-corrected chi connectivity index (χ3v) is 7.62. The standard InChI is InChI=1S/C33H51NO7/c1-4-34-32(37)18-11-6-5-10-17-28-29(31(36)24-30(28)35)22-21-27(20-19-26-15-8-7-9-16-26)41-33(38)40-23-13-12-14-25(2)39-3/h5,7-10,15-16,21-22,25,27-31,35-36H,4,6,11-14,17-20,23-24H2,1-3H3,(H,34,37)/b10-5-,22-21+/t25-,27+,28-,29-,30+,31-/m1/s1. The molecule has 0 aliphatic heterocycles. The Labute approximate surface area is 246 Å². The average molecular weight is 574 g/mol. The van der Waals surface area contributed by atoms with Gasteiger partial charge in [0.2, 0.25) is 5.91 Å². The Kier molecular flexibility index (Phi) is 17.0. The number of carbonyl (C=O) groups is 2. The van der Waals surface area contributed by atoms with Crippen molar-refractivity contribution in [3.63, 3.8) is 0 Å². The Bertz CT molecular complexity index is 919. The molecule has 1 fully saturated rings. The van der Waals surface area contributed by atoms with Crippen molar-refractivity contribution in [2.45, 2.75) is 102 Å². The summed E-state index contributed by atoms with van der Waals surface area (Å²) in [5.41, 5.74) is 1.14. The largest absolute Gasteiger partial charge is 0.508 e. The monoisotopic (exact) mass is 573 g/mol. The molecule has 0 aromatic heterocycles. The van der Waals surface area contributed by atoms with Crippen LogP contribution in [0.4, 0.5) is 4.79 Å². The first kappa shape index (κ1) is 34.5. The number of unbranched alkanes of at least 4 members (excludes halogenated alkanes) is 2. The molecule has 1 aromatic rings. The van der Waals surface area contributed by atoms with Gasteiger partial charge in [-0.3, -0.25) is 4.79 Å². The summed E-state index contributed by atoms with van der Waals surface area (Å²) in [6.07, 6.45) is 12.3. The van der Waals surface area contributed by atoms with Gasteiger partial charge in [0.05, 0.1) is 24.9 Å². The minimum absolute atomic E-state index is 0.0602. The van der Waals surface area contributed by atoms with E-state index in [0.29, 0.717) is 32.2 Å². The van der Waals surface area contributed by atoms with Crippen LogP contribution in [0.2, 0.25) is 0 Å². The number of amides is 1. The maximum absolute atomic E-state index is 12.5. The van der Waals surface area contributed by atoms with Crippen LogP contribution in [0.15, 0.2) is 54.6 Å². The number of rotatable bonds is 19. The van der Waals surface area contributed by atoms with E-state index in [0.717, 1.165) is 44.1 Å². The van der Waals surface area contributed by atoms with E-state index in [9.17, 15) is 19.8 Å². The van der Waals surface area contributed by atoms with E-state index in [2.05, 4.69) is 5.32 Å². The zero-order chi connectivity index (χ0) is 29.9. The number of hydrogen-bond acceptors (Lipinski definition) is 7. The molecule has 2 rings (SSSR count). The normalized spacial score (nSPS) is 22.2. The first-order valence-electron chi connectivity index (χ1n) is 15.2. The fourth-order valence-corrected chi connectivity index (χ4v) is 5.11. The van der Waals surface area contributed by atoms with Gasteiger partial charge in [-0.05, 0) is 82.8 Å². The fourth-order valence-electron chi connectivity index (χ4n) is 5.11. The first-order valence-corrected chi connectivity index (χ1v) is 15.2. The number of aliphatic hydroxyl groups excluding tert-OH is 2. The molecule has 1 aliphatic rings.